The Morgan fingerprint density at radius 2 is 2.00 bits per heavy atom. The summed E-state index contributed by atoms with van der Waals surface area (Å²) in [5, 5.41) is 9.11. The average molecular weight is 289 g/mol. The molecule has 0 aromatic heterocycles. The van der Waals surface area contributed by atoms with E-state index in [1.807, 2.05) is 0 Å². The highest BCUT2D eigenvalue weighted by molar-refractivity contribution is 5.80. The fourth-order valence-electron chi connectivity index (χ4n) is 1.81. The molecule has 1 unspecified atom stereocenters. The van der Waals surface area contributed by atoms with E-state index in [0.29, 0.717) is 16.9 Å². The van der Waals surface area contributed by atoms with Crippen LogP contribution in [0.2, 0.25) is 0 Å². The molecule has 1 atom stereocenters. The Balaban J connectivity index is 2.16. The molecule has 0 aliphatic heterocycles. The lowest BCUT2D eigenvalue weighted by Crippen LogP contribution is -2.41. The highest BCUT2D eigenvalue weighted by atomic mass is 19.1. The molecule has 21 heavy (non-hydrogen) atoms. The summed E-state index contributed by atoms with van der Waals surface area (Å²) >= 11 is 0. The summed E-state index contributed by atoms with van der Waals surface area (Å²) in [5.41, 5.74) is 5.11. The van der Waals surface area contributed by atoms with Gasteiger partial charge < -0.3 is 15.6 Å². The van der Waals surface area contributed by atoms with Gasteiger partial charge in [-0.25, -0.2) is 9.18 Å². The molecule has 2 aromatic carbocycles. The van der Waals surface area contributed by atoms with Crippen molar-refractivity contribution < 1.29 is 19.0 Å². The Kier molecular flexibility index (Phi) is 4.23. The number of hydrogen-bond donors (Lipinski definition) is 2. The third kappa shape index (κ3) is 3.38. The molecule has 0 heterocycles. The fourth-order valence-corrected chi connectivity index (χ4v) is 1.81. The maximum absolute atomic E-state index is 13.5. The van der Waals surface area contributed by atoms with Crippen molar-refractivity contribution in [3.05, 3.63) is 65.5 Å². The Labute approximate surface area is 122 Å². The van der Waals surface area contributed by atoms with Gasteiger partial charge in [-0.05, 0) is 30.7 Å². The van der Waals surface area contributed by atoms with E-state index in [0.717, 1.165) is 0 Å². The van der Waals surface area contributed by atoms with Crippen LogP contribution >= 0.6 is 0 Å². The summed E-state index contributed by atoms with van der Waals surface area (Å²) < 4.78 is 19.0. The number of rotatable bonds is 5. The molecule has 0 amide bonds. The standard InChI is InChI=1S/C16H16FNO3/c1-16(18,15(19)20)12-6-4-7-13(9-12)21-10-11-5-2-3-8-14(11)17/h2-9H,10,18H2,1H3,(H,19,20). The van der Waals surface area contributed by atoms with Gasteiger partial charge in [-0.15, -0.1) is 0 Å². The van der Waals surface area contributed by atoms with Gasteiger partial charge in [0.25, 0.3) is 0 Å². The van der Waals surface area contributed by atoms with Crippen LogP contribution < -0.4 is 10.5 Å². The molecule has 2 aromatic rings. The number of carboxylic acids is 1. The first-order valence-electron chi connectivity index (χ1n) is 6.40. The quantitative estimate of drug-likeness (QED) is 0.887. The number of carboxylic acid groups (broad SMARTS) is 1. The van der Waals surface area contributed by atoms with Crippen molar-refractivity contribution in [2.45, 2.75) is 19.1 Å². The Hall–Kier alpha value is -2.40. The summed E-state index contributed by atoms with van der Waals surface area (Å²) in [7, 11) is 0. The lowest BCUT2D eigenvalue weighted by atomic mass is 9.93. The van der Waals surface area contributed by atoms with Crippen LogP contribution in [0, 0.1) is 5.82 Å². The van der Waals surface area contributed by atoms with Crippen LogP contribution in [0.25, 0.3) is 0 Å². The predicted molar refractivity (Wildman–Crippen MR) is 76.3 cm³/mol. The zero-order valence-electron chi connectivity index (χ0n) is 11.5. The Morgan fingerprint density at radius 1 is 1.29 bits per heavy atom. The van der Waals surface area contributed by atoms with Crippen molar-refractivity contribution in [2.24, 2.45) is 5.73 Å². The number of hydrogen-bond acceptors (Lipinski definition) is 3. The Morgan fingerprint density at radius 3 is 2.67 bits per heavy atom. The van der Waals surface area contributed by atoms with Crippen molar-refractivity contribution in [2.75, 3.05) is 0 Å². The lowest BCUT2D eigenvalue weighted by molar-refractivity contribution is -0.143. The molecule has 0 spiro atoms. The highest BCUT2D eigenvalue weighted by Crippen LogP contribution is 2.23. The predicted octanol–water partition coefficient (Wildman–Crippen LogP) is 2.66. The molecule has 0 fully saturated rings. The van der Waals surface area contributed by atoms with Crippen LogP contribution in [0.1, 0.15) is 18.1 Å². The monoisotopic (exact) mass is 289 g/mol. The number of benzene rings is 2. The minimum absolute atomic E-state index is 0.0600. The molecule has 2 rings (SSSR count). The first-order valence-corrected chi connectivity index (χ1v) is 6.40. The molecule has 0 saturated carbocycles. The maximum Gasteiger partial charge on any atom is 0.328 e. The van der Waals surface area contributed by atoms with Gasteiger partial charge in [0.1, 0.15) is 23.7 Å². The summed E-state index contributed by atoms with van der Waals surface area (Å²) in [6.45, 7) is 1.47. The van der Waals surface area contributed by atoms with Crippen LogP contribution in [0.3, 0.4) is 0 Å². The van der Waals surface area contributed by atoms with Gasteiger partial charge in [0.15, 0.2) is 0 Å². The molecule has 5 heteroatoms. The van der Waals surface area contributed by atoms with E-state index < -0.39 is 11.5 Å². The number of nitrogens with two attached hydrogens (primary N) is 1. The average Bonchev–Trinajstić information content (AvgIpc) is 2.46. The minimum atomic E-state index is -1.50. The fraction of sp³-hybridized carbons (Fsp3) is 0.188. The van der Waals surface area contributed by atoms with Gasteiger partial charge in [0.2, 0.25) is 0 Å². The summed E-state index contributed by atoms with van der Waals surface area (Å²) in [5.74, 6) is -1.04. The van der Waals surface area contributed by atoms with E-state index in [1.54, 1.807) is 42.5 Å². The zero-order valence-corrected chi connectivity index (χ0v) is 11.5. The second-order valence-electron chi connectivity index (χ2n) is 4.92. The van der Waals surface area contributed by atoms with Crippen LogP contribution in [0.5, 0.6) is 5.75 Å². The SMILES string of the molecule is CC(N)(C(=O)O)c1cccc(OCc2ccccc2F)c1. The summed E-state index contributed by atoms with van der Waals surface area (Å²) in [6, 6.07) is 12.8. The van der Waals surface area contributed by atoms with Crippen molar-refractivity contribution in [3.8, 4) is 5.75 Å². The normalized spacial score (nSPS) is 13.5. The van der Waals surface area contributed by atoms with Crippen molar-refractivity contribution in [3.63, 3.8) is 0 Å². The van der Waals surface area contributed by atoms with E-state index in [1.165, 1.54) is 13.0 Å². The van der Waals surface area contributed by atoms with Gasteiger partial charge in [0, 0.05) is 5.56 Å². The molecule has 4 nitrogen and oxygen atoms in total. The smallest absolute Gasteiger partial charge is 0.328 e. The van der Waals surface area contributed by atoms with Crippen LogP contribution in [-0.4, -0.2) is 11.1 Å². The third-order valence-corrected chi connectivity index (χ3v) is 3.23. The van der Waals surface area contributed by atoms with Gasteiger partial charge in [0.05, 0.1) is 0 Å². The lowest BCUT2D eigenvalue weighted by Gasteiger charge is -2.20. The van der Waals surface area contributed by atoms with Crippen molar-refractivity contribution in [1.82, 2.24) is 0 Å². The molecule has 110 valence electrons. The molecule has 3 N–H and O–H groups in total. The summed E-state index contributed by atoms with van der Waals surface area (Å²) in [6.07, 6.45) is 0. The van der Waals surface area contributed by atoms with Crippen LogP contribution in [0.4, 0.5) is 4.39 Å². The molecule has 0 aliphatic carbocycles. The van der Waals surface area contributed by atoms with E-state index in [4.69, 9.17) is 15.6 Å². The summed E-state index contributed by atoms with van der Waals surface area (Å²) in [4.78, 5) is 11.1. The minimum Gasteiger partial charge on any atom is -0.489 e. The molecule has 0 radical (unpaired) electrons. The second kappa shape index (κ2) is 5.93. The van der Waals surface area contributed by atoms with Crippen molar-refractivity contribution >= 4 is 5.97 Å². The molecule has 0 aliphatic rings. The van der Waals surface area contributed by atoms with Crippen LogP contribution in [-0.2, 0) is 16.9 Å². The van der Waals surface area contributed by atoms with Gasteiger partial charge in [-0.3, -0.25) is 0 Å². The third-order valence-electron chi connectivity index (χ3n) is 3.23. The second-order valence-corrected chi connectivity index (χ2v) is 4.92. The first-order chi connectivity index (χ1) is 9.91. The highest BCUT2D eigenvalue weighted by Gasteiger charge is 2.30. The number of ether oxygens (including phenoxy) is 1. The van der Waals surface area contributed by atoms with Gasteiger partial charge in [-0.1, -0.05) is 30.3 Å². The maximum atomic E-state index is 13.5. The van der Waals surface area contributed by atoms with E-state index in [2.05, 4.69) is 0 Å². The van der Waals surface area contributed by atoms with E-state index in [-0.39, 0.29) is 12.4 Å². The van der Waals surface area contributed by atoms with E-state index in [9.17, 15) is 9.18 Å². The number of aliphatic carboxylic acids is 1. The first kappa shape index (κ1) is 15.0. The topological polar surface area (TPSA) is 72.6 Å². The Bertz CT molecular complexity index is 655. The van der Waals surface area contributed by atoms with E-state index >= 15 is 0 Å². The molecule has 0 bridgehead atoms. The molecule has 0 saturated heterocycles. The molecular formula is C16H16FNO3. The zero-order chi connectivity index (χ0) is 15.5. The number of carbonyl (C=O) groups is 1. The number of halogens is 1. The van der Waals surface area contributed by atoms with Crippen LogP contribution in [0.15, 0.2) is 48.5 Å². The van der Waals surface area contributed by atoms with Gasteiger partial charge in [-0.2, -0.15) is 0 Å². The molecular weight excluding hydrogens is 273 g/mol. The van der Waals surface area contributed by atoms with Gasteiger partial charge >= 0.3 is 5.97 Å². The van der Waals surface area contributed by atoms with Crippen molar-refractivity contribution in [1.29, 1.82) is 0 Å². The largest absolute Gasteiger partial charge is 0.489 e.